The molecule has 0 bridgehead atoms. The van der Waals surface area contributed by atoms with E-state index in [2.05, 4.69) is 93.6 Å². The van der Waals surface area contributed by atoms with Gasteiger partial charge in [0.05, 0.1) is 0 Å². The van der Waals surface area contributed by atoms with Gasteiger partial charge in [0.15, 0.2) is 0 Å². The monoisotopic (exact) mass is 286 g/mol. The van der Waals surface area contributed by atoms with Crippen molar-refractivity contribution >= 4 is 0 Å². The van der Waals surface area contributed by atoms with Gasteiger partial charge in [0, 0.05) is 5.92 Å². The van der Waals surface area contributed by atoms with Crippen LogP contribution in [0.3, 0.4) is 0 Å². The highest BCUT2D eigenvalue weighted by Crippen LogP contribution is 2.33. The molecule has 22 heavy (non-hydrogen) atoms. The lowest BCUT2D eigenvalue weighted by atomic mass is 9.83. The van der Waals surface area contributed by atoms with Crippen molar-refractivity contribution in [1.29, 1.82) is 0 Å². The highest BCUT2D eigenvalue weighted by atomic mass is 14.2. The molecule has 0 nitrogen and oxygen atoms in total. The first-order valence-corrected chi connectivity index (χ1v) is 7.83. The van der Waals surface area contributed by atoms with Crippen molar-refractivity contribution < 1.29 is 0 Å². The van der Waals surface area contributed by atoms with Crippen molar-refractivity contribution in [2.24, 2.45) is 0 Å². The molecule has 0 aromatic heterocycles. The Balaban J connectivity index is 2.18. The van der Waals surface area contributed by atoms with Gasteiger partial charge in [-0.2, -0.15) is 0 Å². The van der Waals surface area contributed by atoms with Gasteiger partial charge in [-0.05, 0) is 37.5 Å². The maximum Gasteiger partial charge on any atom is 0.0340 e. The molecule has 0 saturated carbocycles. The fraction of sp³-hybridized carbons (Fsp3) is 0.182. The molecular weight excluding hydrogens is 264 g/mol. The molecule has 0 aliphatic heterocycles. The highest BCUT2D eigenvalue weighted by Gasteiger charge is 2.17. The molecule has 0 atom stereocenters. The lowest BCUT2D eigenvalue weighted by Gasteiger charge is -2.20. The number of aryl methyl sites for hydroxylation is 3. The zero-order chi connectivity index (χ0) is 15.5. The predicted octanol–water partition coefficient (Wildman–Crippen LogP) is 5.79. The smallest absolute Gasteiger partial charge is 0.0340 e. The molecule has 0 N–H and O–H groups in total. The van der Waals surface area contributed by atoms with E-state index < -0.39 is 0 Å². The fourth-order valence-corrected chi connectivity index (χ4v) is 3.13. The lowest BCUT2D eigenvalue weighted by Crippen LogP contribution is -2.04. The third-order valence-electron chi connectivity index (χ3n) is 4.13. The van der Waals surface area contributed by atoms with Crippen molar-refractivity contribution in [2.75, 3.05) is 0 Å². The average Bonchev–Trinajstić information content (AvgIpc) is 2.48. The molecule has 0 spiro atoms. The quantitative estimate of drug-likeness (QED) is 0.534. The Labute approximate surface area is 133 Å². The minimum Gasteiger partial charge on any atom is -0.0617 e. The zero-order valence-electron chi connectivity index (χ0n) is 13.5. The van der Waals surface area contributed by atoms with E-state index >= 15 is 0 Å². The van der Waals surface area contributed by atoms with E-state index in [-0.39, 0.29) is 0 Å². The maximum atomic E-state index is 2.30. The van der Waals surface area contributed by atoms with Gasteiger partial charge in [-0.15, -0.1) is 0 Å². The van der Waals surface area contributed by atoms with Gasteiger partial charge in [0.2, 0.25) is 0 Å². The van der Waals surface area contributed by atoms with Crippen LogP contribution in [0.2, 0.25) is 0 Å². The van der Waals surface area contributed by atoms with Crippen LogP contribution < -0.4 is 0 Å². The van der Waals surface area contributed by atoms with Crippen LogP contribution >= 0.6 is 0 Å². The molecule has 0 aliphatic rings. The summed E-state index contributed by atoms with van der Waals surface area (Å²) in [5, 5.41) is 0. The van der Waals surface area contributed by atoms with Gasteiger partial charge in [0.1, 0.15) is 0 Å². The van der Waals surface area contributed by atoms with Crippen LogP contribution in [0.15, 0.2) is 72.8 Å². The largest absolute Gasteiger partial charge is 0.0617 e. The van der Waals surface area contributed by atoms with Gasteiger partial charge in [0.25, 0.3) is 0 Å². The minimum atomic E-state index is 0.291. The molecule has 3 aromatic rings. The summed E-state index contributed by atoms with van der Waals surface area (Å²) in [5.74, 6) is 0.291. The predicted molar refractivity (Wildman–Crippen MR) is 94.5 cm³/mol. The van der Waals surface area contributed by atoms with Crippen molar-refractivity contribution in [2.45, 2.75) is 26.7 Å². The van der Waals surface area contributed by atoms with E-state index in [1.165, 1.54) is 33.4 Å². The molecule has 0 radical (unpaired) electrons. The van der Waals surface area contributed by atoms with Gasteiger partial charge in [-0.25, -0.2) is 0 Å². The minimum absolute atomic E-state index is 0.291. The fourth-order valence-electron chi connectivity index (χ4n) is 3.13. The van der Waals surface area contributed by atoms with Crippen molar-refractivity contribution in [3.05, 3.63) is 106 Å². The Kier molecular flexibility index (Phi) is 4.11. The van der Waals surface area contributed by atoms with Gasteiger partial charge >= 0.3 is 0 Å². The van der Waals surface area contributed by atoms with Crippen LogP contribution in [0.5, 0.6) is 0 Å². The Morgan fingerprint density at radius 3 is 1.09 bits per heavy atom. The second-order valence-corrected chi connectivity index (χ2v) is 6.18. The molecule has 0 unspecified atom stereocenters. The summed E-state index contributed by atoms with van der Waals surface area (Å²) in [4.78, 5) is 0. The van der Waals surface area contributed by atoms with E-state index in [4.69, 9.17) is 0 Å². The molecule has 0 amide bonds. The first kappa shape index (κ1) is 14.6. The zero-order valence-corrected chi connectivity index (χ0v) is 13.5. The standard InChI is InChI=1S/C22H22/c1-16-7-4-10-19(13-16)22(20-11-5-8-17(2)14-20)21-12-6-9-18(3)15-21/h4-15,22H,1-3H3. The molecule has 3 aromatic carbocycles. The molecule has 110 valence electrons. The molecule has 0 heterocycles. The molecule has 0 fully saturated rings. The normalized spacial score (nSPS) is 10.9. The molecule has 3 rings (SSSR count). The molecule has 0 heteroatoms. The first-order valence-electron chi connectivity index (χ1n) is 7.83. The number of rotatable bonds is 3. The second-order valence-electron chi connectivity index (χ2n) is 6.18. The van der Waals surface area contributed by atoms with E-state index in [0.717, 1.165) is 0 Å². The third kappa shape index (κ3) is 3.12. The van der Waals surface area contributed by atoms with Crippen LogP contribution in [0.4, 0.5) is 0 Å². The van der Waals surface area contributed by atoms with E-state index in [9.17, 15) is 0 Å². The number of hydrogen-bond acceptors (Lipinski definition) is 0. The van der Waals surface area contributed by atoms with Crippen LogP contribution in [-0.4, -0.2) is 0 Å². The summed E-state index contributed by atoms with van der Waals surface area (Å²) >= 11 is 0. The van der Waals surface area contributed by atoms with Crippen molar-refractivity contribution in [1.82, 2.24) is 0 Å². The van der Waals surface area contributed by atoms with Crippen LogP contribution in [0.1, 0.15) is 39.3 Å². The summed E-state index contributed by atoms with van der Waals surface area (Å²) in [7, 11) is 0. The highest BCUT2D eigenvalue weighted by molar-refractivity contribution is 5.45. The lowest BCUT2D eigenvalue weighted by molar-refractivity contribution is 0.968. The summed E-state index contributed by atoms with van der Waals surface area (Å²) in [5.41, 5.74) is 8.00. The maximum absolute atomic E-state index is 2.30. The van der Waals surface area contributed by atoms with Gasteiger partial charge < -0.3 is 0 Å². The van der Waals surface area contributed by atoms with Gasteiger partial charge in [-0.1, -0.05) is 89.5 Å². The Bertz CT molecular complexity index is 675. The summed E-state index contributed by atoms with van der Waals surface area (Å²) < 4.78 is 0. The Morgan fingerprint density at radius 1 is 0.500 bits per heavy atom. The van der Waals surface area contributed by atoms with E-state index in [1.807, 2.05) is 0 Å². The summed E-state index contributed by atoms with van der Waals surface area (Å²) in [6, 6.07) is 26.6. The van der Waals surface area contributed by atoms with Crippen molar-refractivity contribution in [3.63, 3.8) is 0 Å². The SMILES string of the molecule is Cc1cccc(C(c2cccc(C)c2)c2cccc(C)c2)c1. The van der Waals surface area contributed by atoms with Crippen LogP contribution in [0.25, 0.3) is 0 Å². The second kappa shape index (κ2) is 6.19. The van der Waals surface area contributed by atoms with Crippen LogP contribution in [0, 0.1) is 20.8 Å². The number of hydrogen-bond donors (Lipinski definition) is 0. The van der Waals surface area contributed by atoms with Gasteiger partial charge in [-0.3, -0.25) is 0 Å². The van der Waals surface area contributed by atoms with Crippen LogP contribution in [-0.2, 0) is 0 Å². The molecule has 0 aliphatic carbocycles. The topological polar surface area (TPSA) is 0 Å². The third-order valence-corrected chi connectivity index (χ3v) is 4.13. The van der Waals surface area contributed by atoms with E-state index in [1.54, 1.807) is 0 Å². The van der Waals surface area contributed by atoms with Crippen molar-refractivity contribution in [3.8, 4) is 0 Å². The summed E-state index contributed by atoms with van der Waals surface area (Å²) in [6.07, 6.45) is 0. The summed E-state index contributed by atoms with van der Waals surface area (Å²) in [6.45, 7) is 6.48. The number of benzene rings is 3. The van der Waals surface area contributed by atoms with E-state index in [0.29, 0.717) is 5.92 Å². The molecular formula is C22H22. The average molecular weight is 286 g/mol. The Hall–Kier alpha value is -2.34. The molecule has 0 saturated heterocycles. The first-order chi connectivity index (χ1) is 10.6. The Morgan fingerprint density at radius 2 is 0.818 bits per heavy atom.